The van der Waals surface area contributed by atoms with Crippen LogP contribution in [0.25, 0.3) is 0 Å². The summed E-state index contributed by atoms with van der Waals surface area (Å²) in [7, 11) is 0. The number of hydrogen-bond donors (Lipinski definition) is 1. The van der Waals surface area contributed by atoms with E-state index in [2.05, 4.69) is 25.2 Å². The summed E-state index contributed by atoms with van der Waals surface area (Å²) in [6.07, 6.45) is 1.45. The van der Waals surface area contributed by atoms with Crippen LogP contribution in [0.3, 0.4) is 0 Å². The molecule has 0 saturated heterocycles. The van der Waals surface area contributed by atoms with Crippen LogP contribution in [0.1, 0.15) is 38.3 Å². The van der Waals surface area contributed by atoms with Gasteiger partial charge in [-0.3, -0.25) is 0 Å². The average Bonchev–Trinajstić information content (AvgIpc) is 2.31. The van der Waals surface area contributed by atoms with E-state index in [1.54, 1.807) is 6.07 Å². The van der Waals surface area contributed by atoms with Gasteiger partial charge in [-0.05, 0) is 31.0 Å². The highest BCUT2D eigenvalue weighted by molar-refractivity contribution is 6.42. The van der Waals surface area contributed by atoms with Crippen molar-refractivity contribution in [3.63, 3.8) is 0 Å². The molecule has 0 spiro atoms. The molecule has 4 heteroatoms. The Hall–Kier alpha value is -0.750. The summed E-state index contributed by atoms with van der Waals surface area (Å²) < 4.78 is 0. The van der Waals surface area contributed by atoms with Gasteiger partial charge in [0.1, 0.15) is 0 Å². The molecule has 0 aromatic heterocycles. The molecule has 0 aliphatic rings. The van der Waals surface area contributed by atoms with Gasteiger partial charge < -0.3 is 5.32 Å². The molecule has 0 bridgehead atoms. The standard InChI is InChI=1S/C13H16Cl2N2/c1-3-11(6-7-16)17-9(2)10-4-5-12(14)13(15)8-10/h4-5,8-9,11,17H,3,6H2,1-2H3. The lowest BCUT2D eigenvalue weighted by Gasteiger charge is -2.20. The Kier molecular flexibility index (Phi) is 5.77. The van der Waals surface area contributed by atoms with Gasteiger partial charge in [-0.15, -0.1) is 0 Å². The predicted octanol–water partition coefficient (Wildman–Crippen LogP) is 4.34. The van der Waals surface area contributed by atoms with E-state index in [9.17, 15) is 0 Å². The van der Waals surface area contributed by atoms with Crippen LogP contribution < -0.4 is 5.32 Å². The maximum Gasteiger partial charge on any atom is 0.0638 e. The Morgan fingerprint density at radius 2 is 2.06 bits per heavy atom. The van der Waals surface area contributed by atoms with Gasteiger partial charge in [-0.1, -0.05) is 36.2 Å². The summed E-state index contributed by atoms with van der Waals surface area (Å²) in [4.78, 5) is 0. The van der Waals surface area contributed by atoms with Crippen LogP contribution >= 0.6 is 23.2 Å². The smallest absolute Gasteiger partial charge is 0.0638 e. The van der Waals surface area contributed by atoms with Crippen molar-refractivity contribution in [1.29, 1.82) is 5.26 Å². The molecule has 0 fully saturated rings. The zero-order valence-electron chi connectivity index (χ0n) is 10.0. The quantitative estimate of drug-likeness (QED) is 0.864. The van der Waals surface area contributed by atoms with E-state index in [1.165, 1.54) is 0 Å². The van der Waals surface area contributed by atoms with Crippen molar-refractivity contribution in [1.82, 2.24) is 5.32 Å². The summed E-state index contributed by atoms with van der Waals surface area (Å²) >= 11 is 11.9. The van der Waals surface area contributed by atoms with Gasteiger partial charge in [0.05, 0.1) is 22.5 Å². The van der Waals surface area contributed by atoms with Crippen LogP contribution in [-0.4, -0.2) is 6.04 Å². The highest BCUT2D eigenvalue weighted by Gasteiger charge is 2.12. The molecule has 0 radical (unpaired) electrons. The van der Waals surface area contributed by atoms with Crippen molar-refractivity contribution in [2.24, 2.45) is 0 Å². The van der Waals surface area contributed by atoms with E-state index in [0.29, 0.717) is 16.5 Å². The van der Waals surface area contributed by atoms with Crippen molar-refractivity contribution >= 4 is 23.2 Å². The molecule has 1 N–H and O–H groups in total. The van der Waals surface area contributed by atoms with Crippen LogP contribution in [0.15, 0.2) is 18.2 Å². The third kappa shape index (κ3) is 4.20. The van der Waals surface area contributed by atoms with E-state index in [1.807, 2.05) is 12.1 Å². The third-order valence-corrected chi connectivity index (χ3v) is 3.50. The molecule has 0 aliphatic carbocycles. The topological polar surface area (TPSA) is 35.8 Å². The van der Waals surface area contributed by atoms with Gasteiger partial charge >= 0.3 is 0 Å². The van der Waals surface area contributed by atoms with Crippen LogP contribution in [-0.2, 0) is 0 Å². The summed E-state index contributed by atoms with van der Waals surface area (Å²) in [5, 5.41) is 13.2. The number of halogens is 2. The van der Waals surface area contributed by atoms with Crippen molar-refractivity contribution < 1.29 is 0 Å². The SMILES string of the molecule is CCC(CC#N)NC(C)c1ccc(Cl)c(Cl)c1. The Morgan fingerprint density at radius 1 is 1.35 bits per heavy atom. The zero-order chi connectivity index (χ0) is 12.8. The highest BCUT2D eigenvalue weighted by Crippen LogP contribution is 2.25. The molecule has 1 aromatic rings. The molecule has 0 saturated carbocycles. The highest BCUT2D eigenvalue weighted by atomic mass is 35.5. The number of nitrogens with zero attached hydrogens (tertiary/aromatic N) is 1. The molecule has 2 atom stereocenters. The molecule has 1 aromatic carbocycles. The molecule has 1 rings (SSSR count). The van der Waals surface area contributed by atoms with E-state index in [-0.39, 0.29) is 12.1 Å². The molecule has 92 valence electrons. The lowest BCUT2D eigenvalue weighted by Crippen LogP contribution is -2.30. The summed E-state index contributed by atoms with van der Waals surface area (Å²) in [5.41, 5.74) is 1.08. The monoisotopic (exact) mass is 270 g/mol. The van der Waals surface area contributed by atoms with Crippen LogP contribution in [0.2, 0.25) is 10.0 Å². The average molecular weight is 271 g/mol. The normalized spacial score (nSPS) is 14.1. The fourth-order valence-corrected chi connectivity index (χ4v) is 1.97. The first-order valence-electron chi connectivity index (χ1n) is 5.66. The predicted molar refractivity (Wildman–Crippen MR) is 72.3 cm³/mol. The third-order valence-electron chi connectivity index (χ3n) is 2.76. The molecule has 17 heavy (non-hydrogen) atoms. The second-order valence-corrected chi connectivity index (χ2v) is 4.84. The molecule has 2 nitrogen and oxygen atoms in total. The van der Waals surface area contributed by atoms with E-state index >= 15 is 0 Å². The van der Waals surface area contributed by atoms with Crippen molar-refractivity contribution in [3.05, 3.63) is 33.8 Å². The van der Waals surface area contributed by atoms with Gasteiger partial charge in [0.25, 0.3) is 0 Å². The number of benzene rings is 1. The number of nitrogens with one attached hydrogen (secondary N) is 1. The lowest BCUT2D eigenvalue weighted by atomic mass is 10.1. The van der Waals surface area contributed by atoms with Crippen molar-refractivity contribution in [2.45, 2.75) is 38.8 Å². The summed E-state index contributed by atoms with van der Waals surface area (Å²) in [5.74, 6) is 0. The molecule has 0 aliphatic heterocycles. The van der Waals surface area contributed by atoms with Crippen LogP contribution in [0, 0.1) is 11.3 Å². The van der Waals surface area contributed by atoms with Crippen molar-refractivity contribution in [2.75, 3.05) is 0 Å². The molecule has 0 heterocycles. The Balaban J connectivity index is 2.72. The van der Waals surface area contributed by atoms with E-state index in [4.69, 9.17) is 28.5 Å². The largest absolute Gasteiger partial charge is 0.306 e. The Bertz CT molecular complexity index is 412. The van der Waals surface area contributed by atoms with Crippen LogP contribution in [0.5, 0.6) is 0 Å². The fourth-order valence-electron chi connectivity index (χ4n) is 1.66. The number of hydrogen-bond acceptors (Lipinski definition) is 2. The first-order chi connectivity index (χ1) is 8.08. The molecule has 2 unspecified atom stereocenters. The minimum absolute atomic E-state index is 0.156. The number of rotatable bonds is 5. The van der Waals surface area contributed by atoms with Crippen LogP contribution in [0.4, 0.5) is 0 Å². The van der Waals surface area contributed by atoms with E-state index in [0.717, 1.165) is 12.0 Å². The number of nitriles is 1. The lowest BCUT2D eigenvalue weighted by molar-refractivity contribution is 0.448. The van der Waals surface area contributed by atoms with Gasteiger partial charge in [0, 0.05) is 12.1 Å². The first kappa shape index (κ1) is 14.3. The van der Waals surface area contributed by atoms with Gasteiger partial charge in [-0.25, -0.2) is 0 Å². The fraction of sp³-hybridized carbons (Fsp3) is 0.462. The van der Waals surface area contributed by atoms with Crippen molar-refractivity contribution in [3.8, 4) is 6.07 Å². The second-order valence-electron chi connectivity index (χ2n) is 4.03. The minimum atomic E-state index is 0.156. The Labute approximate surface area is 113 Å². The maximum absolute atomic E-state index is 8.70. The van der Waals surface area contributed by atoms with Gasteiger partial charge in [0.2, 0.25) is 0 Å². The maximum atomic E-state index is 8.70. The molecular weight excluding hydrogens is 255 g/mol. The van der Waals surface area contributed by atoms with Gasteiger partial charge in [0.15, 0.2) is 0 Å². The molecule has 0 amide bonds. The first-order valence-corrected chi connectivity index (χ1v) is 6.42. The summed E-state index contributed by atoms with van der Waals surface area (Å²) in [6, 6.07) is 8.16. The van der Waals surface area contributed by atoms with Gasteiger partial charge in [-0.2, -0.15) is 5.26 Å². The zero-order valence-corrected chi connectivity index (χ0v) is 11.5. The summed E-state index contributed by atoms with van der Waals surface area (Å²) in [6.45, 7) is 4.12. The van der Waals surface area contributed by atoms with E-state index < -0.39 is 0 Å². The second kappa shape index (κ2) is 6.86. The Morgan fingerprint density at radius 3 is 2.59 bits per heavy atom. The molecular formula is C13H16Cl2N2. The minimum Gasteiger partial charge on any atom is -0.306 e.